The van der Waals surface area contributed by atoms with E-state index in [1.54, 1.807) is 40.4 Å². The highest BCUT2D eigenvalue weighted by molar-refractivity contribution is 7.13. The van der Waals surface area contributed by atoms with Gasteiger partial charge in [0.2, 0.25) is 5.91 Å². The van der Waals surface area contributed by atoms with Crippen molar-refractivity contribution >= 4 is 57.2 Å². The lowest BCUT2D eigenvalue weighted by Gasteiger charge is -2.09. The largest absolute Gasteiger partial charge is 0.322 e. The summed E-state index contributed by atoms with van der Waals surface area (Å²) in [6.45, 7) is 1.92. The fourth-order valence-electron chi connectivity index (χ4n) is 2.96. The Labute approximate surface area is 169 Å². The molecule has 136 valence electrons. The van der Waals surface area contributed by atoms with Crippen molar-refractivity contribution in [3.8, 4) is 10.4 Å². The van der Waals surface area contributed by atoms with Crippen molar-refractivity contribution in [2.75, 3.05) is 5.32 Å². The summed E-state index contributed by atoms with van der Waals surface area (Å²) < 4.78 is 1.60. The molecule has 0 spiro atoms. The molecule has 3 aromatic heterocycles. The van der Waals surface area contributed by atoms with Crippen LogP contribution in [0.4, 0.5) is 5.69 Å². The van der Waals surface area contributed by atoms with Crippen molar-refractivity contribution in [3.05, 3.63) is 63.7 Å². The lowest BCUT2D eigenvalue weighted by Crippen LogP contribution is -2.20. The predicted molar refractivity (Wildman–Crippen MR) is 111 cm³/mol. The monoisotopic (exact) mass is 416 g/mol. The fourth-order valence-corrected chi connectivity index (χ4v) is 4.21. The van der Waals surface area contributed by atoms with Crippen LogP contribution >= 0.6 is 34.5 Å². The van der Waals surface area contributed by atoms with E-state index < -0.39 is 0 Å². The number of aromatic nitrogens is 3. The number of fused-ring (bicyclic) bond motifs is 1. The average Bonchev–Trinajstić information content (AvgIpc) is 3.27. The number of pyridine rings is 1. The van der Waals surface area contributed by atoms with E-state index in [9.17, 15) is 4.79 Å². The van der Waals surface area contributed by atoms with Crippen molar-refractivity contribution < 1.29 is 4.79 Å². The minimum Gasteiger partial charge on any atom is -0.322 e. The zero-order valence-corrected chi connectivity index (χ0v) is 16.6. The summed E-state index contributed by atoms with van der Waals surface area (Å²) in [7, 11) is 0. The van der Waals surface area contributed by atoms with Crippen molar-refractivity contribution in [2.45, 2.75) is 13.5 Å². The summed E-state index contributed by atoms with van der Waals surface area (Å²) in [5.74, 6) is -0.280. The number of thiophene rings is 1. The van der Waals surface area contributed by atoms with Gasteiger partial charge in [0, 0.05) is 16.6 Å². The number of amides is 1. The van der Waals surface area contributed by atoms with E-state index in [0.29, 0.717) is 21.4 Å². The second kappa shape index (κ2) is 7.31. The van der Waals surface area contributed by atoms with Crippen molar-refractivity contribution in [2.24, 2.45) is 0 Å². The van der Waals surface area contributed by atoms with E-state index in [-0.39, 0.29) is 12.5 Å². The normalized spacial score (nSPS) is 11.1. The molecular weight excluding hydrogens is 403 g/mol. The molecule has 0 unspecified atom stereocenters. The van der Waals surface area contributed by atoms with Crippen LogP contribution in [-0.4, -0.2) is 20.7 Å². The minimum absolute atomic E-state index is 0.00673. The van der Waals surface area contributed by atoms with E-state index >= 15 is 0 Å². The Kier molecular flexibility index (Phi) is 4.86. The second-order valence-electron chi connectivity index (χ2n) is 5.92. The zero-order chi connectivity index (χ0) is 19.0. The maximum Gasteiger partial charge on any atom is 0.246 e. The summed E-state index contributed by atoms with van der Waals surface area (Å²) in [6, 6.07) is 11.1. The van der Waals surface area contributed by atoms with E-state index in [1.165, 1.54) is 0 Å². The van der Waals surface area contributed by atoms with Crippen LogP contribution in [0.5, 0.6) is 0 Å². The molecule has 0 aliphatic rings. The van der Waals surface area contributed by atoms with Crippen LogP contribution in [0.1, 0.15) is 5.69 Å². The highest BCUT2D eigenvalue weighted by Crippen LogP contribution is 2.33. The summed E-state index contributed by atoms with van der Waals surface area (Å²) in [5.41, 5.74) is 2.95. The first-order chi connectivity index (χ1) is 13.0. The van der Waals surface area contributed by atoms with Crippen LogP contribution in [0.15, 0.2) is 48.0 Å². The Morgan fingerprint density at radius 2 is 1.96 bits per heavy atom. The second-order valence-corrected chi connectivity index (χ2v) is 7.68. The third-order valence-electron chi connectivity index (χ3n) is 4.12. The number of nitrogens with one attached hydrogen (secondary N) is 1. The van der Waals surface area contributed by atoms with Crippen molar-refractivity contribution in [3.63, 3.8) is 0 Å². The Balaban J connectivity index is 1.67. The lowest BCUT2D eigenvalue weighted by atomic mass is 10.1. The fraction of sp³-hybridized carbons (Fsp3) is 0.105. The standard InChI is InChI=1S/C19H14Cl2N4OS/c1-11-17-12(15-6-3-9-27-15)7-8-22-19(17)25(24-11)10-16(26)23-18-13(20)4-2-5-14(18)21/h2-9H,10H2,1H3,(H,23,26). The van der Waals surface area contributed by atoms with Crippen LogP contribution in [-0.2, 0) is 11.3 Å². The first kappa shape index (κ1) is 18.0. The third kappa shape index (κ3) is 3.43. The topological polar surface area (TPSA) is 59.8 Å². The molecule has 0 saturated heterocycles. The summed E-state index contributed by atoms with van der Waals surface area (Å²) in [6.07, 6.45) is 1.73. The first-order valence-corrected chi connectivity index (χ1v) is 9.78. The molecule has 0 aliphatic heterocycles. The molecule has 0 atom stereocenters. The van der Waals surface area contributed by atoms with Gasteiger partial charge in [-0.1, -0.05) is 35.3 Å². The number of halogens is 2. The number of para-hydroxylation sites is 1. The van der Waals surface area contributed by atoms with Crippen molar-refractivity contribution in [1.82, 2.24) is 14.8 Å². The summed E-state index contributed by atoms with van der Waals surface area (Å²) in [4.78, 5) is 18.1. The molecule has 5 nitrogen and oxygen atoms in total. The Morgan fingerprint density at radius 1 is 1.19 bits per heavy atom. The first-order valence-electron chi connectivity index (χ1n) is 8.14. The molecule has 0 aliphatic carbocycles. The van der Waals surface area contributed by atoms with Crippen LogP contribution in [0.2, 0.25) is 10.0 Å². The summed E-state index contributed by atoms with van der Waals surface area (Å²) >= 11 is 13.9. The van der Waals surface area contributed by atoms with E-state index in [4.69, 9.17) is 23.2 Å². The molecule has 1 amide bonds. The minimum atomic E-state index is -0.280. The number of rotatable bonds is 4. The van der Waals surface area contributed by atoms with Gasteiger partial charge >= 0.3 is 0 Å². The molecule has 8 heteroatoms. The van der Waals surface area contributed by atoms with Crippen LogP contribution in [0.25, 0.3) is 21.5 Å². The maximum atomic E-state index is 12.5. The van der Waals surface area contributed by atoms with E-state index in [1.807, 2.05) is 24.4 Å². The SMILES string of the molecule is Cc1nn(CC(=O)Nc2c(Cl)cccc2Cl)c2nccc(-c3cccs3)c12. The number of hydrogen-bond donors (Lipinski definition) is 1. The van der Waals surface area contributed by atoms with E-state index in [0.717, 1.165) is 21.5 Å². The molecule has 0 radical (unpaired) electrons. The van der Waals surface area contributed by atoms with Crippen LogP contribution in [0.3, 0.4) is 0 Å². The zero-order valence-electron chi connectivity index (χ0n) is 14.2. The molecule has 3 heterocycles. The highest BCUT2D eigenvalue weighted by atomic mass is 35.5. The van der Waals surface area contributed by atoms with Gasteiger partial charge in [-0.05, 0) is 36.6 Å². The lowest BCUT2D eigenvalue weighted by molar-refractivity contribution is -0.116. The maximum absolute atomic E-state index is 12.5. The third-order valence-corrected chi connectivity index (χ3v) is 5.65. The molecule has 0 fully saturated rings. The quantitative estimate of drug-likeness (QED) is 0.483. The van der Waals surface area contributed by atoms with Crippen LogP contribution < -0.4 is 5.32 Å². The number of carbonyl (C=O) groups is 1. The number of aryl methyl sites for hydroxylation is 1. The average molecular weight is 417 g/mol. The summed E-state index contributed by atoms with van der Waals surface area (Å²) in [5, 5.41) is 11.0. The van der Waals surface area contributed by atoms with E-state index in [2.05, 4.69) is 21.5 Å². The Hall–Kier alpha value is -2.41. The predicted octanol–water partition coefficient (Wildman–Crippen LogP) is 5.41. The molecule has 0 bridgehead atoms. The smallest absolute Gasteiger partial charge is 0.246 e. The number of benzene rings is 1. The molecule has 4 aromatic rings. The van der Waals surface area contributed by atoms with Gasteiger partial charge in [-0.3, -0.25) is 4.79 Å². The molecule has 1 N–H and O–H groups in total. The Bertz CT molecular complexity index is 1120. The van der Waals surface area contributed by atoms with Gasteiger partial charge in [0.05, 0.1) is 26.8 Å². The van der Waals surface area contributed by atoms with Gasteiger partial charge in [0.15, 0.2) is 5.65 Å². The van der Waals surface area contributed by atoms with Gasteiger partial charge in [0.25, 0.3) is 0 Å². The number of anilines is 1. The molecule has 27 heavy (non-hydrogen) atoms. The van der Waals surface area contributed by atoms with Gasteiger partial charge in [-0.2, -0.15) is 5.10 Å². The Morgan fingerprint density at radius 3 is 2.67 bits per heavy atom. The van der Waals surface area contributed by atoms with Crippen molar-refractivity contribution in [1.29, 1.82) is 0 Å². The molecule has 4 rings (SSSR count). The number of carbonyl (C=O) groups excluding carboxylic acids is 1. The molecule has 1 aromatic carbocycles. The number of nitrogens with zero attached hydrogens (tertiary/aromatic N) is 3. The molecular formula is C19H14Cl2N4OS. The molecule has 0 saturated carbocycles. The van der Waals surface area contributed by atoms with Gasteiger partial charge in [0.1, 0.15) is 6.54 Å². The van der Waals surface area contributed by atoms with Gasteiger partial charge < -0.3 is 5.32 Å². The number of hydrogen-bond acceptors (Lipinski definition) is 4. The van der Waals surface area contributed by atoms with Gasteiger partial charge in [-0.25, -0.2) is 9.67 Å². The highest BCUT2D eigenvalue weighted by Gasteiger charge is 2.17. The van der Waals surface area contributed by atoms with Gasteiger partial charge in [-0.15, -0.1) is 11.3 Å². The van der Waals surface area contributed by atoms with Crippen LogP contribution in [0, 0.1) is 6.92 Å².